The van der Waals surface area contributed by atoms with Crippen molar-refractivity contribution >= 4 is 11.8 Å². The summed E-state index contributed by atoms with van der Waals surface area (Å²) in [6.07, 6.45) is 1.76. The van der Waals surface area contributed by atoms with E-state index in [4.69, 9.17) is 37.9 Å². The largest absolute Gasteiger partial charge is 0.459 e. The Kier molecular flexibility index (Phi) is 15.9. The molecule has 270 valence electrons. The normalized spacial score (nSPS) is 44.4. The van der Waals surface area contributed by atoms with Crippen molar-refractivity contribution in [2.24, 2.45) is 23.7 Å². The molecule has 12 nitrogen and oxygen atoms in total. The molecule has 0 aromatic carbocycles. The average molecular weight is 671 g/mol. The van der Waals surface area contributed by atoms with Crippen molar-refractivity contribution in [3.63, 3.8) is 0 Å². The van der Waals surface area contributed by atoms with Gasteiger partial charge in [0.05, 0.1) is 31.0 Å². The third-order valence-electron chi connectivity index (χ3n) is 9.68. The quantitative estimate of drug-likeness (QED) is 0.288. The summed E-state index contributed by atoms with van der Waals surface area (Å²) >= 11 is 0. The second kappa shape index (κ2) is 18.9. The molecule has 3 aliphatic rings. The van der Waals surface area contributed by atoms with Crippen molar-refractivity contribution in [2.75, 3.05) is 27.9 Å². The zero-order chi connectivity index (χ0) is 34.8. The molecule has 0 unspecified atom stereocenters. The predicted octanol–water partition coefficient (Wildman–Crippen LogP) is 3.36. The van der Waals surface area contributed by atoms with E-state index in [1.54, 1.807) is 27.0 Å². The van der Waals surface area contributed by atoms with E-state index < -0.39 is 67.4 Å². The van der Waals surface area contributed by atoms with Crippen LogP contribution in [-0.2, 0) is 47.5 Å². The van der Waals surface area contributed by atoms with Gasteiger partial charge in [-0.15, -0.1) is 0 Å². The zero-order valence-electron chi connectivity index (χ0n) is 29.5. The fraction of sp³-hybridized carbons (Fsp3) is 0.829. The van der Waals surface area contributed by atoms with E-state index in [0.717, 1.165) is 0 Å². The van der Waals surface area contributed by atoms with Gasteiger partial charge in [-0.25, -0.2) is 4.79 Å². The molecule has 3 rings (SSSR count). The van der Waals surface area contributed by atoms with Crippen LogP contribution in [0.15, 0.2) is 24.3 Å². The van der Waals surface area contributed by atoms with Gasteiger partial charge in [-0.1, -0.05) is 39.0 Å². The topological polar surface area (TPSA) is 148 Å². The van der Waals surface area contributed by atoms with Crippen molar-refractivity contribution < 1.29 is 57.7 Å². The summed E-state index contributed by atoms with van der Waals surface area (Å²) in [4.78, 5) is 26.3. The van der Waals surface area contributed by atoms with Crippen molar-refractivity contribution in [1.82, 2.24) is 0 Å². The molecule has 12 heteroatoms. The van der Waals surface area contributed by atoms with Crippen LogP contribution >= 0.6 is 0 Å². The van der Waals surface area contributed by atoms with Crippen molar-refractivity contribution in [1.29, 1.82) is 0 Å². The summed E-state index contributed by atoms with van der Waals surface area (Å²) < 4.78 is 46.8. The molecule has 0 spiro atoms. The summed E-state index contributed by atoms with van der Waals surface area (Å²) in [5.41, 5.74) is 0. The van der Waals surface area contributed by atoms with Gasteiger partial charge in [-0.05, 0) is 39.5 Å². The predicted molar refractivity (Wildman–Crippen MR) is 172 cm³/mol. The number of carbonyl (C=O) groups excluding carboxylic acids is 2. The van der Waals surface area contributed by atoms with E-state index in [1.165, 1.54) is 20.3 Å². The van der Waals surface area contributed by atoms with E-state index in [2.05, 4.69) is 0 Å². The van der Waals surface area contributed by atoms with Gasteiger partial charge in [0.2, 0.25) is 0 Å². The highest BCUT2D eigenvalue weighted by Gasteiger charge is 2.45. The van der Waals surface area contributed by atoms with Gasteiger partial charge in [0.1, 0.15) is 36.3 Å². The number of ketones is 1. The molecule has 2 saturated heterocycles. The smallest absolute Gasteiger partial charge is 0.330 e. The minimum atomic E-state index is -0.984. The summed E-state index contributed by atoms with van der Waals surface area (Å²) in [6.45, 7) is 11.4. The first-order chi connectivity index (χ1) is 22.3. The first kappa shape index (κ1) is 39.7. The first-order valence-electron chi connectivity index (χ1n) is 16.9. The molecular formula is C35H58O12. The Morgan fingerprint density at radius 3 is 2.17 bits per heavy atom. The van der Waals surface area contributed by atoms with E-state index in [1.807, 2.05) is 39.8 Å². The second-order valence-corrected chi connectivity index (χ2v) is 13.4. The number of aliphatic hydroxyl groups is 2. The number of methoxy groups -OCH3 is 3. The standard InChI is InChI=1S/C35H58O12/c1-19-14-15-28(37)45-23(5)25(18-43-35-33(42-9)32(41-8)29(38)24(6)46-35)12-10-11-13-26(36)20(2)16-21(3)31(19)47-34-30(39)27(40-7)17-22(4)44-34/h10,12,14-15,19-25,27,29-35,38-39H,11,13,16-18H2,1-9H3/b12-10-,15-14-/t19-,20+,21+,22+,23+,24+,25-,27+,29-,30-,31+,32-,33-,34+,35+/m0/s1. The fourth-order valence-corrected chi connectivity index (χ4v) is 6.69. The Morgan fingerprint density at radius 1 is 0.809 bits per heavy atom. The van der Waals surface area contributed by atoms with Gasteiger partial charge in [-0.3, -0.25) is 4.79 Å². The molecule has 2 N–H and O–H groups in total. The van der Waals surface area contributed by atoms with E-state index >= 15 is 0 Å². The Labute approximate surface area is 280 Å². The van der Waals surface area contributed by atoms with Crippen molar-refractivity contribution in [3.8, 4) is 0 Å². The van der Waals surface area contributed by atoms with E-state index in [9.17, 15) is 19.8 Å². The molecule has 15 atom stereocenters. The van der Waals surface area contributed by atoms with Gasteiger partial charge in [-0.2, -0.15) is 0 Å². The zero-order valence-corrected chi connectivity index (χ0v) is 29.5. The molecule has 3 heterocycles. The lowest BCUT2D eigenvalue weighted by atomic mass is 9.84. The third-order valence-corrected chi connectivity index (χ3v) is 9.68. The van der Waals surface area contributed by atoms with Gasteiger partial charge >= 0.3 is 5.97 Å². The fourth-order valence-electron chi connectivity index (χ4n) is 6.69. The molecule has 0 aliphatic carbocycles. The molecule has 0 bridgehead atoms. The average Bonchev–Trinajstić information content (AvgIpc) is 3.03. The lowest BCUT2D eigenvalue weighted by Crippen LogP contribution is -2.59. The highest BCUT2D eigenvalue weighted by Crippen LogP contribution is 2.32. The second-order valence-electron chi connectivity index (χ2n) is 13.4. The molecule has 2 fully saturated rings. The minimum absolute atomic E-state index is 0.0954. The minimum Gasteiger partial charge on any atom is -0.459 e. The third kappa shape index (κ3) is 10.9. The van der Waals surface area contributed by atoms with E-state index in [-0.39, 0.29) is 42.2 Å². The Bertz CT molecular complexity index is 1030. The highest BCUT2D eigenvalue weighted by molar-refractivity contribution is 5.82. The number of aliphatic hydroxyl groups excluding tert-OH is 2. The summed E-state index contributed by atoms with van der Waals surface area (Å²) in [5.74, 6) is -1.35. The van der Waals surface area contributed by atoms with Crippen LogP contribution < -0.4 is 0 Å². The maximum absolute atomic E-state index is 13.2. The van der Waals surface area contributed by atoms with Crippen LogP contribution in [0.4, 0.5) is 0 Å². The molecule has 0 aromatic rings. The molecule has 3 aliphatic heterocycles. The number of esters is 1. The summed E-state index contributed by atoms with van der Waals surface area (Å²) in [6, 6.07) is 0. The Balaban J connectivity index is 1.78. The van der Waals surface area contributed by atoms with Crippen LogP contribution in [0.1, 0.15) is 67.2 Å². The van der Waals surface area contributed by atoms with Gasteiger partial charge < -0.3 is 48.1 Å². The monoisotopic (exact) mass is 670 g/mol. The maximum Gasteiger partial charge on any atom is 0.330 e. The van der Waals surface area contributed by atoms with Crippen LogP contribution in [0.5, 0.6) is 0 Å². The van der Waals surface area contributed by atoms with Crippen molar-refractivity contribution in [2.45, 2.75) is 135 Å². The number of carbonyl (C=O) groups is 2. The number of ether oxygens (including phenoxy) is 8. The van der Waals surface area contributed by atoms with Crippen molar-refractivity contribution in [3.05, 3.63) is 24.3 Å². The highest BCUT2D eigenvalue weighted by atomic mass is 16.7. The number of Topliss-reactive ketones (excluding diaryl/α,β-unsaturated/α-hetero) is 1. The van der Waals surface area contributed by atoms with Crippen LogP contribution in [0, 0.1) is 23.7 Å². The van der Waals surface area contributed by atoms with Crippen LogP contribution in [0.3, 0.4) is 0 Å². The van der Waals surface area contributed by atoms with Crippen LogP contribution in [0.2, 0.25) is 0 Å². The lowest BCUT2D eigenvalue weighted by Gasteiger charge is -2.42. The van der Waals surface area contributed by atoms with Gasteiger partial charge in [0.15, 0.2) is 12.6 Å². The van der Waals surface area contributed by atoms with E-state index in [0.29, 0.717) is 25.7 Å². The lowest BCUT2D eigenvalue weighted by molar-refractivity contribution is -0.304. The van der Waals surface area contributed by atoms with Gasteiger partial charge in [0.25, 0.3) is 0 Å². The molecule has 0 aromatic heterocycles. The molecule has 0 saturated carbocycles. The number of hydrogen-bond acceptors (Lipinski definition) is 12. The number of allylic oxidation sites excluding steroid dienone is 1. The SMILES string of the molecule is CO[C@@H]1[C@H](OC[C@@H]2/C=C\CCC(=O)[C@H](C)C[C@@H](C)[C@H](O[C@H]3O[C@H](C)C[C@@H](OC)[C@@H]3O)[C@@H](C)/C=C\C(=O)O[C@@H]2C)O[C@H](C)[C@H](O)[C@@H]1OC. The van der Waals surface area contributed by atoms with Crippen LogP contribution in [-0.4, -0.2) is 117 Å². The maximum atomic E-state index is 13.2. The molecule has 0 radical (unpaired) electrons. The molecular weight excluding hydrogens is 612 g/mol. The van der Waals surface area contributed by atoms with Gasteiger partial charge in [0, 0.05) is 58.0 Å². The number of rotatable bonds is 8. The van der Waals surface area contributed by atoms with Crippen LogP contribution in [0.25, 0.3) is 0 Å². The molecule has 47 heavy (non-hydrogen) atoms. The first-order valence-corrected chi connectivity index (χ1v) is 16.9. The Morgan fingerprint density at radius 2 is 1.51 bits per heavy atom. The summed E-state index contributed by atoms with van der Waals surface area (Å²) in [5, 5.41) is 21.4. The molecule has 0 amide bonds. The number of cyclic esters (lactones) is 1. The number of hydrogen-bond donors (Lipinski definition) is 2. The summed E-state index contributed by atoms with van der Waals surface area (Å²) in [7, 11) is 4.55. The Hall–Kier alpha value is -1.74.